The first-order valence-electron chi connectivity index (χ1n) is 39.3. The number of hydrogen-bond donors (Lipinski definition) is 17. The summed E-state index contributed by atoms with van der Waals surface area (Å²) in [5, 5.41) is 107. The third-order valence-electron chi connectivity index (χ3n) is 17.8. The monoisotopic (exact) mass is 1740 g/mol. The van der Waals surface area contributed by atoms with E-state index in [1.807, 2.05) is 10.6 Å². The Morgan fingerprint density at radius 3 is 0.992 bits per heavy atom. The van der Waals surface area contributed by atoms with Crippen LogP contribution in [0.2, 0.25) is 0 Å². The lowest BCUT2D eigenvalue weighted by Crippen LogP contribution is -2.48. The lowest BCUT2D eigenvalue weighted by atomic mass is 9.91. The maximum absolute atomic E-state index is 13.5. The van der Waals surface area contributed by atoms with Gasteiger partial charge in [0.05, 0.1) is 126 Å². The van der Waals surface area contributed by atoms with Crippen LogP contribution in [0.4, 0.5) is 0 Å². The van der Waals surface area contributed by atoms with Crippen molar-refractivity contribution >= 4 is 136 Å². The molecular weight excluding hydrogens is 1630 g/mol. The van der Waals surface area contributed by atoms with Crippen LogP contribution in [-0.4, -0.2) is 290 Å². The van der Waals surface area contributed by atoms with Gasteiger partial charge in [0.25, 0.3) is 0 Å². The van der Waals surface area contributed by atoms with Gasteiger partial charge in [-0.05, 0) is 70.7 Å². The third kappa shape index (κ3) is 55.8. The smallest absolute Gasteiger partial charge is 0.326 e. The van der Waals surface area contributed by atoms with Gasteiger partial charge in [0, 0.05) is 82.7 Å². The number of rotatable bonds is 77. The molecule has 0 aromatic rings. The molecule has 0 aliphatic rings. The number of carboxylic acid groups (broad SMARTS) is 9. The van der Waals surface area contributed by atoms with Gasteiger partial charge in [-0.1, -0.05) is 43.6 Å². The van der Waals surface area contributed by atoms with Gasteiger partial charge in [0.15, 0.2) is 23.1 Å². The van der Waals surface area contributed by atoms with Crippen molar-refractivity contribution in [2.45, 2.75) is 236 Å². The van der Waals surface area contributed by atoms with Gasteiger partial charge in [-0.25, -0.2) is 4.79 Å². The largest absolute Gasteiger partial charge is 0.481 e. The summed E-state index contributed by atoms with van der Waals surface area (Å²) in [7, 11) is 0. The van der Waals surface area contributed by atoms with E-state index < -0.39 is 299 Å². The molecule has 684 valence electrons. The predicted molar refractivity (Wildman–Crippen MR) is 413 cm³/mol. The van der Waals surface area contributed by atoms with Crippen LogP contribution >= 0.6 is 0 Å². The van der Waals surface area contributed by atoms with Crippen LogP contribution in [-0.2, 0) is 129 Å². The number of azide groups is 1. The van der Waals surface area contributed by atoms with Crippen LogP contribution in [0.25, 0.3) is 10.4 Å². The van der Waals surface area contributed by atoms with E-state index in [1.165, 1.54) is 0 Å². The number of amides is 8. The van der Waals surface area contributed by atoms with Crippen molar-refractivity contribution in [3.8, 4) is 0 Å². The van der Waals surface area contributed by atoms with Gasteiger partial charge in [-0.2, -0.15) is 0 Å². The van der Waals surface area contributed by atoms with E-state index in [0.29, 0.717) is 32.1 Å². The predicted octanol–water partition coefficient (Wildman–Crippen LogP) is -0.502. The first kappa shape index (κ1) is 110. The lowest BCUT2D eigenvalue weighted by Gasteiger charge is -2.23. The average molecular weight is 1740 g/mol. The number of ether oxygens (including phenoxy) is 4. The minimum absolute atomic E-state index is 0.0517. The second-order valence-corrected chi connectivity index (χ2v) is 28.5. The summed E-state index contributed by atoms with van der Waals surface area (Å²) in [4.78, 5) is 288. The van der Waals surface area contributed by atoms with Crippen LogP contribution in [0.5, 0.6) is 0 Å². The molecule has 0 aromatic heterocycles. The maximum Gasteiger partial charge on any atom is 0.326 e. The molecule has 0 aromatic carbocycles. The molecule has 0 radical (unpaired) electrons. The van der Waals surface area contributed by atoms with Crippen molar-refractivity contribution in [3.05, 3.63) is 10.4 Å². The highest BCUT2D eigenvalue weighted by molar-refractivity contribution is 6.01. The highest BCUT2D eigenvalue weighted by Crippen LogP contribution is 2.20. The molecule has 8 amide bonds. The highest BCUT2D eigenvalue weighted by Gasteiger charge is 2.38. The minimum atomic E-state index is -1.95. The van der Waals surface area contributed by atoms with E-state index in [2.05, 4.69) is 41.9 Å². The van der Waals surface area contributed by atoms with Crippen molar-refractivity contribution in [1.29, 1.82) is 0 Å². The normalized spacial score (nSPS) is 13.4. The first-order chi connectivity index (χ1) is 57.5. The molecule has 17 N–H and O–H groups in total. The summed E-state index contributed by atoms with van der Waals surface area (Å²) in [6.45, 7) is 0.470. The fourth-order valence-corrected chi connectivity index (χ4v) is 11.8. The fraction of sp³-hybridized carbons (Fsp3) is 0.693. The second-order valence-electron chi connectivity index (χ2n) is 28.5. The zero-order valence-electron chi connectivity index (χ0n) is 67.9. The lowest BCUT2D eigenvalue weighted by molar-refractivity contribution is -0.145. The summed E-state index contributed by atoms with van der Waals surface area (Å²) >= 11 is 0. The Kier molecular flexibility index (Phi) is 57.9. The molecule has 0 spiro atoms. The maximum atomic E-state index is 13.5. The van der Waals surface area contributed by atoms with Crippen LogP contribution in [0.3, 0.4) is 0 Å². The zero-order valence-corrected chi connectivity index (χ0v) is 67.9. The molecule has 0 aliphatic heterocycles. The number of unbranched alkanes of at least 4 members (excludes halogenated alkanes) is 8. The summed E-state index contributed by atoms with van der Waals surface area (Å²) in [6, 6.07) is -9.70. The number of carbonyl (C=O) groups excluding carboxylic acids is 14. The Balaban J connectivity index is 5.66. The zero-order chi connectivity index (χ0) is 92.2. The Morgan fingerprint density at radius 2 is 0.623 bits per heavy atom. The fourth-order valence-electron chi connectivity index (χ4n) is 11.8. The van der Waals surface area contributed by atoms with Crippen LogP contribution < -0.4 is 42.5 Å². The molecule has 10 atom stereocenters. The standard InChI is InChI=1S/C75H113N11O36/c1-43(87)29-45(33-62(96)97)70(112)84-53(39-68(108)109)57(91)31-47(35-64(100)101)72(114)82-51(37-66(104)105)55(89)16-13-23-119-25-27-121-41-60(94)77-20-12-10-15-49(74(116)78-21-11-8-6-4-3-5-7-9-18-59(93)81-50(75(117)118)19-22-79-86-76)80-61(95)42-122-28-26-120-24-14-17-56(90)52(38-67(106)107)83-73(115)48(36-65(102)103)32-58(92)54(40-69(110)111)85-71(113)46(30-44(2)88)34-63(98)99/h45-54H,3-42H2,1-2H3,(H,77,94)(H,78,116)(H,80,95)(H,81,93)(H,82,114)(H,83,115)(H,84,112)(H,85,113)(H,96,97)(H,98,99)(H,100,101)(H,102,103)(H,104,105)(H,106,107)(H,108,109)(H,110,111)(H,117,118). The first-order valence-corrected chi connectivity index (χ1v) is 39.3. The molecule has 0 saturated carbocycles. The Morgan fingerprint density at radius 1 is 0.295 bits per heavy atom. The molecule has 10 unspecified atom stereocenters. The molecule has 47 nitrogen and oxygen atoms in total. The van der Waals surface area contributed by atoms with Gasteiger partial charge < -0.3 is 117 Å². The molecule has 0 fully saturated rings. The van der Waals surface area contributed by atoms with E-state index >= 15 is 0 Å². The van der Waals surface area contributed by atoms with Gasteiger partial charge >= 0.3 is 53.7 Å². The second kappa shape index (κ2) is 64.1. The van der Waals surface area contributed by atoms with Gasteiger partial charge in [-0.3, -0.25) is 95.9 Å². The van der Waals surface area contributed by atoms with E-state index in [0.717, 1.165) is 46.0 Å². The summed E-state index contributed by atoms with van der Waals surface area (Å²) in [6.07, 6.45) is -5.85. The SMILES string of the molecule is CC(=O)CC(CC(=O)O)C(=O)NC(CC(=O)O)C(=O)CC(CC(=O)O)C(=O)NC(CC(=O)O)C(=O)CCCOCCOCC(=O)NCCCCC(NC(=O)COCCOCCCC(=O)C(CC(=O)O)NC(=O)C(CC(=O)O)CC(=O)C(CC(=O)O)NC(=O)C(CC(C)=O)CC(=O)O)C(=O)NCCCCCCCCCCC(=O)NC(CCN=[N+]=[N-])C(=O)O. The van der Waals surface area contributed by atoms with E-state index in [1.54, 1.807) is 0 Å². The van der Waals surface area contributed by atoms with Gasteiger partial charge in [0.1, 0.15) is 36.9 Å². The molecule has 122 heavy (non-hydrogen) atoms. The molecule has 0 heterocycles. The molecular formula is C75H113N11O36. The number of Topliss-reactive ketones (excluding diaryl/α,β-unsaturated/α-hetero) is 6. The molecule has 0 aliphatic carbocycles. The van der Waals surface area contributed by atoms with Crippen molar-refractivity contribution in [1.82, 2.24) is 42.5 Å². The number of hydrogen-bond acceptors (Lipinski definition) is 28. The molecule has 0 saturated heterocycles. The van der Waals surface area contributed by atoms with E-state index in [9.17, 15) is 156 Å². The van der Waals surface area contributed by atoms with Gasteiger partial charge in [-0.15, -0.1) is 0 Å². The Hall–Kier alpha value is -11.8. The number of nitrogens with zero attached hydrogens (tertiary/aromatic N) is 3. The molecule has 0 rings (SSSR count). The molecule has 0 bridgehead atoms. The Bertz CT molecular complexity index is 3590. The number of carboxylic acids is 9. The van der Waals surface area contributed by atoms with E-state index in [4.69, 9.17) is 24.5 Å². The number of ketones is 6. The number of carbonyl (C=O) groups is 23. The number of nitrogens with one attached hydrogen (secondary N) is 8. The summed E-state index contributed by atoms with van der Waals surface area (Å²) in [5.41, 5.74) is 8.43. The van der Waals surface area contributed by atoms with Crippen LogP contribution in [0.1, 0.15) is 200 Å². The van der Waals surface area contributed by atoms with Crippen molar-refractivity contribution in [2.24, 2.45) is 28.8 Å². The Labute approximate surface area is 699 Å². The summed E-state index contributed by atoms with van der Waals surface area (Å²) < 4.78 is 21.7. The quantitative estimate of drug-likeness (QED) is 0.0158. The van der Waals surface area contributed by atoms with E-state index in [-0.39, 0.29) is 91.4 Å². The van der Waals surface area contributed by atoms with Crippen LogP contribution in [0, 0.1) is 23.7 Å². The summed E-state index contributed by atoms with van der Waals surface area (Å²) in [5.74, 6) is -33.4. The highest BCUT2D eigenvalue weighted by atomic mass is 16.5. The molecule has 47 heteroatoms. The van der Waals surface area contributed by atoms with Crippen molar-refractivity contribution < 1.29 is 175 Å². The average Bonchev–Trinajstić information content (AvgIpc) is 0.868. The number of aliphatic carboxylic acids is 9. The van der Waals surface area contributed by atoms with Crippen LogP contribution in [0.15, 0.2) is 5.11 Å². The van der Waals surface area contributed by atoms with Gasteiger partial charge in [0.2, 0.25) is 47.3 Å². The topological polar surface area (TPSA) is 757 Å². The minimum Gasteiger partial charge on any atom is -0.481 e. The third-order valence-corrected chi connectivity index (χ3v) is 17.8. The van der Waals surface area contributed by atoms with Crippen molar-refractivity contribution in [3.63, 3.8) is 0 Å². The van der Waals surface area contributed by atoms with Crippen molar-refractivity contribution in [2.75, 3.05) is 72.5 Å².